The number of halogens is 3. The van der Waals surface area contributed by atoms with Crippen molar-refractivity contribution in [3.63, 3.8) is 0 Å². The number of hydrogen-bond acceptors (Lipinski definition) is 7. The zero-order valence-electron chi connectivity index (χ0n) is 19.5. The van der Waals surface area contributed by atoms with Crippen LogP contribution in [0.1, 0.15) is 36.3 Å². The second kappa shape index (κ2) is 8.56. The first kappa shape index (κ1) is 23.2. The molecule has 2 aromatic carbocycles. The van der Waals surface area contributed by atoms with Gasteiger partial charge in [0.1, 0.15) is 29.0 Å². The van der Waals surface area contributed by atoms with Gasteiger partial charge in [0.15, 0.2) is 0 Å². The number of benzene rings is 2. The van der Waals surface area contributed by atoms with E-state index < -0.39 is 17.8 Å². The van der Waals surface area contributed by atoms with Crippen molar-refractivity contribution >= 4 is 33.3 Å². The highest BCUT2D eigenvalue weighted by molar-refractivity contribution is 6.10. The molecular formula is C24H25F3N6O2. The third-order valence-corrected chi connectivity index (χ3v) is 6.10. The lowest BCUT2D eigenvalue weighted by Gasteiger charge is -2.20. The summed E-state index contributed by atoms with van der Waals surface area (Å²) in [5.41, 5.74) is 6.89. The summed E-state index contributed by atoms with van der Waals surface area (Å²) in [4.78, 5) is 9.20. The molecule has 35 heavy (non-hydrogen) atoms. The molecule has 2 atom stereocenters. The van der Waals surface area contributed by atoms with Crippen LogP contribution in [0, 0.1) is 6.92 Å². The first-order chi connectivity index (χ1) is 16.6. The SMILES string of the molecule is Cc1nc(NC(C)c2cc(N)cc(C(F)(F)F)c2)c2cc(O[C@H]3CCOC3)c3c(cnn3C)c2n1. The van der Waals surface area contributed by atoms with Gasteiger partial charge in [-0.25, -0.2) is 9.97 Å². The zero-order valence-corrected chi connectivity index (χ0v) is 19.5. The molecule has 0 radical (unpaired) electrons. The van der Waals surface area contributed by atoms with Gasteiger partial charge in [0.25, 0.3) is 0 Å². The summed E-state index contributed by atoms with van der Waals surface area (Å²) >= 11 is 0. The molecule has 11 heteroatoms. The summed E-state index contributed by atoms with van der Waals surface area (Å²) in [5.74, 6) is 1.61. The number of rotatable bonds is 5. The monoisotopic (exact) mass is 486 g/mol. The number of nitrogens with two attached hydrogens (primary N) is 1. The normalized spacial score (nSPS) is 17.3. The molecule has 0 amide bonds. The number of aromatic nitrogens is 4. The molecule has 8 nitrogen and oxygen atoms in total. The van der Waals surface area contributed by atoms with Gasteiger partial charge in [-0.15, -0.1) is 0 Å². The first-order valence-electron chi connectivity index (χ1n) is 11.2. The predicted octanol–water partition coefficient (Wildman–Crippen LogP) is 4.77. The van der Waals surface area contributed by atoms with Gasteiger partial charge in [-0.2, -0.15) is 18.3 Å². The third-order valence-electron chi connectivity index (χ3n) is 6.10. The Morgan fingerprint density at radius 3 is 2.71 bits per heavy atom. The Hall–Kier alpha value is -3.60. The van der Waals surface area contributed by atoms with Crippen molar-refractivity contribution in [1.29, 1.82) is 0 Å². The van der Waals surface area contributed by atoms with Gasteiger partial charge in [0.05, 0.1) is 41.9 Å². The Morgan fingerprint density at radius 2 is 2.00 bits per heavy atom. The van der Waals surface area contributed by atoms with E-state index in [1.807, 2.05) is 13.1 Å². The Kier molecular flexibility index (Phi) is 5.66. The average molecular weight is 486 g/mol. The molecule has 4 aromatic rings. The van der Waals surface area contributed by atoms with Crippen molar-refractivity contribution in [3.8, 4) is 5.75 Å². The molecule has 2 aromatic heterocycles. The smallest absolute Gasteiger partial charge is 0.416 e. The van der Waals surface area contributed by atoms with Gasteiger partial charge < -0.3 is 20.5 Å². The number of fused-ring (bicyclic) bond motifs is 3. The Morgan fingerprint density at radius 1 is 1.20 bits per heavy atom. The van der Waals surface area contributed by atoms with Gasteiger partial charge in [0.2, 0.25) is 0 Å². The number of alkyl halides is 3. The molecule has 1 aliphatic rings. The Labute approximate surface area is 199 Å². The number of nitrogens with one attached hydrogen (secondary N) is 1. The molecule has 5 rings (SSSR count). The second-order valence-corrected chi connectivity index (χ2v) is 8.78. The van der Waals surface area contributed by atoms with Gasteiger partial charge in [-0.05, 0) is 43.7 Å². The van der Waals surface area contributed by atoms with Crippen LogP contribution in [0.2, 0.25) is 0 Å². The topological polar surface area (TPSA) is 100 Å². The van der Waals surface area contributed by atoms with E-state index >= 15 is 0 Å². The van der Waals surface area contributed by atoms with Crippen molar-refractivity contribution in [2.24, 2.45) is 7.05 Å². The van der Waals surface area contributed by atoms with Crippen LogP contribution < -0.4 is 15.8 Å². The van der Waals surface area contributed by atoms with Crippen molar-refractivity contribution in [2.45, 2.75) is 38.6 Å². The van der Waals surface area contributed by atoms with Crippen molar-refractivity contribution in [1.82, 2.24) is 19.7 Å². The number of nitrogen functional groups attached to an aromatic ring is 1. The number of hydrogen-bond donors (Lipinski definition) is 2. The van der Waals surface area contributed by atoms with Crippen LogP contribution >= 0.6 is 0 Å². The van der Waals surface area contributed by atoms with Crippen molar-refractivity contribution < 1.29 is 22.6 Å². The van der Waals surface area contributed by atoms with Crippen LogP contribution in [0.5, 0.6) is 5.75 Å². The molecule has 0 bridgehead atoms. The summed E-state index contributed by atoms with van der Waals surface area (Å²) < 4.78 is 53.5. The highest BCUT2D eigenvalue weighted by Gasteiger charge is 2.31. The molecule has 0 spiro atoms. The molecule has 1 saturated heterocycles. The van der Waals surface area contributed by atoms with Crippen LogP contribution in [-0.2, 0) is 18.0 Å². The minimum absolute atomic E-state index is 0.0405. The van der Waals surface area contributed by atoms with E-state index in [1.54, 1.807) is 24.7 Å². The molecular weight excluding hydrogens is 461 g/mol. The van der Waals surface area contributed by atoms with Crippen LogP contribution in [0.15, 0.2) is 30.5 Å². The number of anilines is 2. The van der Waals surface area contributed by atoms with Gasteiger partial charge >= 0.3 is 6.18 Å². The lowest BCUT2D eigenvalue weighted by atomic mass is 10.0. The Bertz CT molecular complexity index is 1410. The predicted molar refractivity (Wildman–Crippen MR) is 126 cm³/mol. The minimum Gasteiger partial charge on any atom is -0.486 e. The quantitative estimate of drug-likeness (QED) is 0.392. The fourth-order valence-corrected chi connectivity index (χ4v) is 4.39. The second-order valence-electron chi connectivity index (χ2n) is 8.78. The standard InChI is InChI=1S/C24H25F3N6O2/c1-12(14-6-15(24(25,26)27)8-16(28)7-14)30-23-18-9-20(35-17-4-5-34-11-17)22-19(10-29-33(22)3)21(18)31-13(2)32-23/h6-10,12,17H,4-5,11,28H2,1-3H3,(H,30,31,32)/t12?,17-/m0/s1. The number of aryl methyl sites for hydroxylation is 2. The van der Waals surface area contributed by atoms with Crippen LogP contribution in [0.25, 0.3) is 21.8 Å². The molecule has 1 unspecified atom stereocenters. The highest BCUT2D eigenvalue weighted by atomic mass is 19.4. The first-order valence-corrected chi connectivity index (χ1v) is 11.2. The van der Waals surface area contributed by atoms with Gasteiger partial charge in [-0.3, -0.25) is 4.68 Å². The molecule has 1 aliphatic heterocycles. The maximum Gasteiger partial charge on any atom is 0.416 e. The molecule has 184 valence electrons. The average Bonchev–Trinajstić information content (AvgIpc) is 3.43. The van der Waals surface area contributed by atoms with Crippen LogP contribution in [0.4, 0.5) is 24.7 Å². The van der Waals surface area contributed by atoms with Crippen LogP contribution in [0.3, 0.4) is 0 Å². The molecule has 3 heterocycles. The van der Waals surface area contributed by atoms with E-state index in [0.717, 1.165) is 29.5 Å². The fourth-order valence-electron chi connectivity index (χ4n) is 4.39. The fraction of sp³-hybridized carbons (Fsp3) is 0.375. The van der Waals surface area contributed by atoms with Gasteiger partial charge in [-0.1, -0.05) is 0 Å². The zero-order chi connectivity index (χ0) is 24.9. The maximum absolute atomic E-state index is 13.3. The number of ether oxygens (including phenoxy) is 2. The summed E-state index contributed by atoms with van der Waals surface area (Å²) in [6.07, 6.45) is -2.08. The lowest BCUT2D eigenvalue weighted by Crippen LogP contribution is -2.16. The summed E-state index contributed by atoms with van der Waals surface area (Å²) in [5, 5.41) is 9.13. The molecule has 0 saturated carbocycles. The van der Waals surface area contributed by atoms with Crippen molar-refractivity contribution in [2.75, 3.05) is 24.3 Å². The van der Waals surface area contributed by atoms with Crippen molar-refractivity contribution in [3.05, 3.63) is 47.4 Å². The molecule has 0 aliphatic carbocycles. The maximum atomic E-state index is 13.3. The molecule has 1 fully saturated rings. The Balaban J connectivity index is 1.60. The summed E-state index contributed by atoms with van der Waals surface area (Å²) in [6, 6.07) is 4.88. The van der Waals surface area contributed by atoms with E-state index in [2.05, 4.69) is 20.4 Å². The number of nitrogens with zero attached hydrogens (tertiary/aromatic N) is 4. The minimum atomic E-state index is -4.50. The summed E-state index contributed by atoms with van der Waals surface area (Å²) in [6.45, 7) is 4.66. The highest BCUT2D eigenvalue weighted by Crippen LogP contribution is 2.38. The van der Waals surface area contributed by atoms with E-state index in [-0.39, 0.29) is 11.8 Å². The largest absolute Gasteiger partial charge is 0.486 e. The molecule has 3 N–H and O–H groups in total. The third kappa shape index (κ3) is 4.43. The van der Waals surface area contributed by atoms with E-state index in [0.29, 0.717) is 47.1 Å². The van der Waals surface area contributed by atoms with Crippen LogP contribution in [-0.4, -0.2) is 39.1 Å². The van der Waals surface area contributed by atoms with E-state index in [4.69, 9.17) is 15.2 Å². The van der Waals surface area contributed by atoms with E-state index in [9.17, 15) is 13.2 Å². The lowest BCUT2D eigenvalue weighted by molar-refractivity contribution is -0.137. The van der Waals surface area contributed by atoms with E-state index in [1.165, 1.54) is 6.07 Å². The summed E-state index contributed by atoms with van der Waals surface area (Å²) in [7, 11) is 1.83. The van der Waals surface area contributed by atoms with Gasteiger partial charge in [0, 0.05) is 24.5 Å².